The molecule has 1 N–H and O–H groups in total. The lowest BCUT2D eigenvalue weighted by atomic mass is 10.1. The van der Waals surface area contributed by atoms with E-state index in [1.165, 1.54) is 29.7 Å². The van der Waals surface area contributed by atoms with Gasteiger partial charge in [0.2, 0.25) is 11.9 Å². The summed E-state index contributed by atoms with van der Waals surface area (Å²) in [4.78, 5) is 41.5. The van der Waals surface area contributed by atoms with Crippen molar-refractivity contribution in [2.45, 2.75) is 59.4 Å². The molecule has 2 aliphatic rings. The van der Waals surface area contributed by atoms with Crippen molar-refractivity contribution in [1.82, 2.24) is 19.8 Å². The van der Waals surface area contributed by atoms with E-state index in [4.69, 9.17) is 4.98 Å². The fraction of sp³-hybridized carbons (Fsp3) is 0.607. The van der Waals surface area contributed by atoms with E-state index < -0.39 is 0 Å². The molecule has 3 heterocycles. The number of nitrogens with one attached hydrogen (secondary N) is 1. The van der Waals surface area contributed by atoms with Gasteiger partial charge in [0.05, 0.1) is 5.69 Å². The fourth-order valence-corrected chi connectivity index (χ4v) is 5.07. The number of nitrogens with zero attached hydrogens (tertiary/aromatic N) is 5. The number of carbonyl (C=O) groups excluding carboxylic acids is 1. The molecule has 36 heavy (non-hydrogen) atoms. The van der Waals surface area contributed by atoms with Gasteiger partial charge in [-0.2, -0.15) is 0 Å². The van der Waals surface area contributed by atoms with Crippen LogP contribution in [0.15, 0.2) is 29.1 Å². The van der Waals surface area contributed by atoms with Gasteiger partial charge in [0.25, 0.3) is 5.56 Å². The van der Waals surface area contributed by atoms with Crippen LogP contribution in [0.25, 0.3) is 0 Å². The number of unbranched alkanes of at least 4 members (excludes halogenated alkanes) is 3. The van der Waals surface area contributed by atoms with E-state index in [1.807, 2.05) is 4.90 Å². The number of hydrogen-bond donors (Lipinski definition) is 1. The van der Waals surface area contributed by atoms with E-state index in [9.17, 15) is 9.59 Å². The number of piperazine rings is 2. The number of benzene rings is 1. The highest BCUT2D eigenvalue weighted by molar-refractivity contribution is 5.76. The van der Waals surface area contributed by atoms with Gasteiger partial charge < -0.3 is 14.7 Å². The predicted molar refractivity (Wildman–Crippen MR) is 146 cm³/mol. The second kappa shape index (κ2) is 12.4. The lowest BCUT2D eigenvalue weighted by Crippen LogP contribution is -2.49. The number of rotatable bonds is 9. The monoisotopic (exact) mass is 494 g/mol. The highest BCUT2D eigenvalue weighted by Crippen LogP contribution is 2.21. The quantitative estimate of drug-likeness (QED) is 0.539. The Hall–Kier alpha value is -2.87. The van der Waals surface area contributed by atoms with Crippen LogP contribution in [0.5, 0.6) is 0 Å². The van der Waals surface area contributed by atoms with Crippen molar-refractivity contribution in [2.24, 2.45) is 0 Å². The Morgan fingerprint density at radius 3 is 2.31 bits per heavy atom. The number of hydrogen-bond acceptors (Lipinski definition) is 6. The average molecular weight is 495 g/mol. The molecule has 4 rings (SSSR count). The van der Waals surface area contributed by atoms with E-state index in [2.05, 4.69) is 58.7 Å². The molecule has 1 aromatic carbocycles. The standard InChI is InChI=1S/C28H42N6O2/c1-4-5-6-7-8-27(36)33-15-17-34(18-16-33)28-29-24(20-26(35)30-28)21-31-11-13-32(14-12-31)25-10-9-22(2)23(3)19-25/h9-10,19-20H,4-8,11-18,21H2,1-3H3,(H,29,30,35). The molecule has 196 valence electrons. The summed E-state index contributed by atoms with van der Waals surface area (Å²) in [6.45, 7) is 13.7. The van der Waals surface area contributed by atoms with Crippen molar-refractivity contribution >= 4 is 17.5 Å². The molecule has 1 amide bonds. The van der Waals surface area contributed by atoms with Gasteiger partial charge in [-0.3, -0.25) is 19.5 Å². The van der Waals surface area contributed by atoms with Crippen LogP contribution in [-0.2, 0) is 11.3 Å². The zero-order valence-electron chi connectivity index (χ0n) is 22.3. The first-order valence-corrected chi connectivity index (χ1v) is 13.6. The summed E-state index contributed by atoms with van der Waals surface area (Å²) in [5.41, 5.74) is 4.63. The topological polar surface area (TPSA) is 75.8 Å². The Balaban J connectivity index is 1.28. The Kier molecular flexibility index (Phi) is 9.02. The third-order valence-electron chi connectivity index (χ3n) is 7.57. The summed E-state index contributed by atoms with van der Waals surface area (Å²) >= 11 is 0. The first-order valence-electron chi connectivity index (χ1n) is 13.6. The van der Waals surface area contributed by atoms with Crippen molar-refractivity contribution in [2.75, 3.05) is 62.2 Å². The van der Waals surface area contributed by atoms with Crippen molar-refractivity contribution < 1.29 is 4.79 Å². The van der Waals surface area contributed by atoms with Crippen LogP contribution in [-0.4, -0.2) is 78.0 Å². The normalized spacial score (nSPS) is 17.0. The summed E-state index contributed by atoms with van der Waals surface area (Å²) < 4.78 is 0. The molecule has 1 aromatic heterocycles. The molecule has 0 bridgehead atoms. The van der Waals surface area contributed by atoms with Gasteiger partial charge in [-0.1, -0.05) is 32.3 Å². The molecule has 0 spiro atoms. The van der Waals surface area contributed by atoms with Gasteiger partial charge in [-0.25, -0.2) is 4.98 Å². The molecule has 0 aliphatic carbocycles. The highest BCUT2D eigenvalue weighted by Gasteiger charge is 2.23. The summed E-state index contributed by atoms with van der Waals surface area (Å²) in [5, 5.41) is 0. The predicted octanol–water partition coefficient (Wildman–Crippen LogP) is 3.33. The number of carbonyl (C=O) groups is 1. The Bertz CT molecular complexity index is 1070. The zero-order valence-corrected chi connectivity index (χ0v) is 22.3. The van der Waals surface area contributed by atoms with Crippen LogP contribution in [0.1, 0.15) is 55.8 Å². The molecule has 2 saturated heterocycles. The lowest BCUT2D eigenvalue weighted by molar-refractivity contribution is -0.131. The molecule has 2 fully saturated rings. The number of amides is 1. The number of anilines is 2. The second-order valence-corrected chi connectivity index (χ2v) is 10.3. The van der Waals surface area contributed by atoms with Gasteiger partial charge in [0.1, 0.15) is 0 Å². The van der Waals surface area contributed by atoms with E-state index in [-0.39, 0.29) is 11.5 Å². The fourth-order valence-electron chi connectivity index (χ4n) is 5.07. The number of aromatic nitrogens is 2. The number of aromatic amines is 1. The average Bonchev–Trinajstić information content (AvgIpc) is 2.88. The molecule has 2 aromatic rings. The van der Waals surface area contributed by atoms with Gasteiger partial charge in [0.15, 0.2) is 0 Å². The molecule has 0 atom stereocenters. The maximum absolute atomic E-state index is 12.5. The Morgan fingerprint density at radius 2 is 1.61 bits per heavy atom. The van der Waals surface area contributed by atoms with Crippen LogP contribution in [0, 0.1) is 13.8 Å². The van der Waals surface area contributed by atoms with Crippen molar-refractivity contribution in [3.05, 3.63) is 51.4 Å². The van der Waals surface area contributed by atoms with Crippen LogP contribution in [0.2, 0.25) is 0 Å². The largest absolute Gasteiger partial charge is 0.369 e. The van der Waals surface area contributed by atoms with Gasteiger partial charge in [-0.15, -0.1) is 0 Å². The zero-order chi connectivity index (χ0) is 25.5. The highest BCUT2D eigenvalue weighted by atomic mass is 16.2. The maximum atomic E-state index is 12.5. The smallest absolute Gasteiger partial charge is 0.252 e. The van der Waals surface area contributed by atoms with E-state index in [1.54, 1.807) is 6.07 Å². The van der Waals surface area contributed by atoms with E-state index in [0.717, 1.165) is 44.7 Å². The minimum absolute atomic E-state index is 0.113. The molecular weight excluding hydrogens is 452 g/mol. The number of aryl methyl sites for hydroxylation is 2. The third kappa shape index (κ3) is 6.87. The number of H-pyrrole nitrogens is 1. The summed E-state index contributed by atoms with van der Waals surface area (Å²) in [6, 6.07) is 8.30. The molecule has 8 heteroatoms. The van der Waals surface area contributed by atoms with E-state index in [0.29, 0.717) is 45.1 Å². The Morgan fingerprint density at radius 1 is 0.889 bits per heavy atom. The van der Waals surface area contributed by atoms with Gasteiger partial charge >= 0.3 is 0 Å². The van der Waals surface area contributed by atoms with Crippen LogP contribution in [0.4, 0.5) is 11.6 Å². The SMILES string of the molecule is CCCCCCC(=O)N1CCN(c2nc(CN3CCN(c4ccc(C)c(C)c4)CC3)cc(=O)[nH]2)CC1. The molecule has 2 aliphatic heterocycles. The van der Waals surface area contributed by atoms with Crippen LogP contribution in [0.3, 0.4) is 0 Å². The lowest BCUT2D eigenvalue weighted by Gasteiger charge is -2.36. The Labute approximate surface area is 215 Å². The summed E-state index contributed by atoms with van der Waals surface area (Å²) in [6.07, 6.45) is 5.12. The first-order chi connectivity index (χ1) is 17.4. The van der Waals surface area contributed by atoms with E-state index >= 15 is 0 Å². The molecule has 0 radical (unpaired) electrons. The second-order valence-electron chi connectivity index (χ2n) is 10.3. The van der Waals surface area contributed by atoms with Gasteiger partial charge in [0, 0.05) is 77.1 Å². The molecule has 8 nitrogen and oxygen atoms in total. The maximum Gasteiger partial charge on any atom is 0.252 e. The molecular formula is C28H42N6O2. The van der Waals surface area contributed by atoms with Crippen molar-refractivity contribution in [1.29, 1.82) is 0 Å². The molecule has 0 unspecified atom stereocenters. The third-order valence-corrected chi connectivity index (χ3v) is 7.57. The first kappa shape index (κ1) is 26.2. The summed E-state index contributed by atoms with van der Waals surface area (Å²) in [7, 11) is 0. The summed E-state index contributed by atoms with van der Waals surface area (Å²) in [5.74, 6) is 0.877. The van der Waals surface area contributed by atoms with Gasteiger partial charge in [-0.05, 0) is 43.5 Å². The van der Waals surface area contributed by atoms with Crippen molar-refractivity contribution in [3.63, 3.8) is 0 Å². The molecule has 0 saturated carbocycles. The van der Waals surface area contributed by atoms with Crippen LogP contribution >= 0.6 is 0 Å². The minimum Gasteiger partial charge on any atom is -0.369 e. The van der Waals surface area contributed by atoms with Crippen LogP contribution < -0.4 is 15.4 Å². The van der Waals surface area contributed by atoms with Crippen molar-refractivity contribution in [3.8, 4) is 0 Å². The minimum atomic E-state index is -0.113.